The van der Waals surface area contributed by atoms with E-state index >= 15 is 0 Å². The van der Waals surface area contributed by atoms with Gasteiger partial charge < -0.3 is 10.6 Å². The van der Waals surface area contributed by atoms with Gasteiger partial charge in [0.25, 0.3) is 0 Å². The minimum absolute atomic E-state index is 0.164. The third-order valence-electron chi connectivity index (χ3n) is 2.64. The number of aryl methyl sites for hydroxylation is 1. The zero-order chi connectivity index (χ0) is 12.3. The lowest BCUT2D eigenvalue weighted by molar-refractivity contribution is -0.121. The lowest BCUT2D eigenvalue weighted by Crippen LogP contribution is -2.26. The van der Waals surface area contributed by atoms with Crippen LogP contribution in [0.1, 0.15) is 24.8 Å². The van der Waals surface area contributed by atoms with Crippen LogP contribution in [0.4, 0.5) is 0 Å². The van der Waals surface area contributed by atoms with Crippen LogP contribution in [0.25, 0.3) is 0 Å². The molecule has 3 nitrogen and oxygen atoms in total. The first-order valence-corrected chi connectivity index (χ1v) is 6.28. The molecule has 17 heavy (non-hydrogen) atoms. The second-order valence-corrected chi connectivity index (χ2v) is 4.15. The largest absolute Gasteiger partial charge is 0.356 e. The zero-order valence-electron chi connectivity index (χ0n) is 10.5. The Bertz CT molecular complexity index is 311. The molecule has 3 heteroatoms. The molecule has 0 aliphatic heterocycles. The highest BCUT2D eigenvalue weighted by atomic mass is 16.1. The normalized spacial score (nSPS) is 10.2. The van der Waals surface area contributed by atoms with Gasteiger partial charge in [0.05, 0.1) is 0 Å². The van der Waals surface area contributed by atoms with Gasteiger partial charge in [0.15, 0.2) is 0 Å². The highest BCUT2D eigenvalue weighted by molar-refractivity contribution is 5.75. The fourth-order valence-electron chi connectivity index (χ4n) is 1.68. The van der Waals surface area contributed by atoms with E-state index in [9.17, 15) is 4.79 Å². The van der Waals surface area contributed by atoms with Crippen molar-refractivity contribution in [2.75, 3.05) is 20.1 Å². The van der Waals surface area contributed by atoms with Crippen LogP contribution in [0.15, 0.2) is 30.3 Å². The van der Waals surface area contributed by atoms with Crippen LogP contribution in [0.3, 0.4) is 0 Å². The van der Waals surface area contributed by atoms with E-state index in [1.807, 2.05) is 25.2 Å². The topological polar surface area (TPSA) is 41.1 Å². The van der Waals surface area contributed by atoms with E-state index in [0.29, 0.717) is 6.42 Å². The lowest BCUT2D eigenvalue weighted by Gasteiger charge is -2.05. The first-order valence-electron chi connectivity index (χ1n) is 6.28. The molecule has 0 bridgehead atoms. The first kappa shape index (κ1) is 13.7. The van der Waals surface area contributed by atoms with Gasteiger partial charge in [0.1, 0.15) is 0 Å². The summed E-state index contributed by atoms with van der Waals surface area (Å²) in [6.45, 7) is 1.72. The molecule has 0 atom stereocenters. The third-order valence-corrected chi connectivity index (χ3v) is 2.64. The molecule has 0 heterocycles. The van der Waals surface area contributed by atoms with Crippen LogP contribution >= 0.6 is 0 Å². The number of rotatable bonds is 8. The van der Waals surface area contributed by atoms with E-state index < -0.39 is 0 Å². The fourth-order valence-corrected chi connectivity index (χ4v) is 1.68. The maximum Gasteiger partial charge on any atom is 0.220 e. The quantitative estimate of drug-likeness (QED) is 0.673. The average molecular weight is 234 g/mol. The van der Waals surface area contributed by atoms with E-state index in [-0.39, 0.29) is 5.91 Å². The van der Waals surface area contributed by atoms with Gasteiger partial charge in [-0.2, -0.15) is 0 Å². The van der Waals surface area contributed by atoms with Gasteiger partial charge in [-0.3, -0.25) is 4.79 Å². The van der Waals surface area contributed by atoms with Gasteiger partial charge in [-0.25, -0.2) is 0 Å². The van der Waals surface area contributed by atoms with Crippen molar-refractivity contribution in [2.24, 2.45) is 0 Å². The van der Waals surface area contributed by atoms with Crippen molar-refractivity contribution >= 4 is 5.91 Å². The van der Waals surface area contributed by atoms with Crippen molar-refractivity contribution in [1.29, 1.82) is 0 Å². The summed E-state index contributed by atoms with van der Waals surface area (Å²) in [5.41, 5.74) is 1.30. The molecule has 94 valence electrons. The third kappa shape index (κ3) is 6.74. The van der Waals surface area contributed by atoms with E-state index in [2.05, 4.69) is 22.8 Å². The van der Waals surface area contributed by atoms with Crippen molar-refractivity contribution in [3.63, 3.8) is 0 Å². The summed E-state index contributed by atoms with van der Waals surface area (Å²) >= 11 is 0. The molecular weight excluding hydrogens is 212 g/mol. The van der Waals surface area contributed by atoms with Crippen LogP contribution in [-0.2, 0) is 11.2 Å². The van der Waals surface area contributed by atoms with Crippen molar-refractivity contribution in [1.82, 2.24) is 10.6 Å². The molecule has 1 amide bonds. The van der Waals surface area contributed by atoms with Gasteiger partial charge in [0.2, 0.25) is 5.91 Å². The number of benzene rings is 1. The second-order valence-electron chi connectivity index (χ2n) is 4.15. The Morgan fingerprint density at radius 2 is 1.88 bits per heavy atom. The smallest absolute Gasteiger partial charge is 0.220 e. The number of amides is 1. The predicted octanol–water partition coefficient (Wildman–Crippen LogP) is 1.73. The molecule has 0 aliphatic carbocycles. The van der Waals surface area contributed by atoms with Crippen LogP contribution in [0.2, 0.25) is 0 Å². The number of hydrogen-bond acceptors (Lipinski definition) is 2. The first-order chi connectivity index (χ1) is 8.33. The Morgan fingerprint density at radius 3 is 2.59 bits per heavy atom. The summed E-state index contributed by atoms with van der Waals surface area (Å²) in [6, 6.07) is 10.3. The van der Waals surface area contributed by atoms with Crippen LogP contribution in [0.5, 0.6) is 0 Å². The number of nitrogens with one attached hydrogen (secondary N) is 2. The maximum atomic E-state index is 11.5. The van der Waals surface area contributed by atoms with E-state index in [4.69, 9.17) is 0 Å². The monoisotopic (exact) mass is 234 g/mol. The summed E-state index contributed by atoms with van der Waals surface area (Å²) in [6.07, 6.45) is 3.50. The average Bonchev–Trinajstić information content (AvgIpc) is 2.36. The Hall–Kier alpha value is -1.35. The summed E-state index contributed by atoms with van der Waals surface area (Å²) in [7, 11) is 1.92. The standard InChI is InChI=1S/C14H22N2O/c1-15-11-6-12-16-14(17)10-5-9-13-7-3-2-4-8-13/h2-4,7-8,15H,5-6,9-12H2,1H3,(H,16,17). The van der Waals surface area contributed by atoms with E-state index in [1.54, 1.807) is 0 Å². The number of carbonyl (C=O) groups excluding carboxylic acids is 1. The lowest BCUT2D eigenvalue weighted by atomic mass is 10.1. The minimum atomic E-state index is 0.164. The van der Waals surface area contributed by atoms with Crippen LogP contribution in [-0.4, -0.2) is 26.0 Å². The number of hydrogen-bond donors (Lipinski definition) is 2. The second kappa shape index (κ2) is 8.76. The predicted molar refractivity (Wildman–Crippen MR) is 70.9 cm³/mol. The van der Waals surface area contributed by atoms with Crippen molar-refractivity contribution in [2.45, 2.75) is 25.7 Å². The highest BCUT2D eigenvalue weighted by Gasteiger charge is 2.00. The van der Waals surface area contributed by atoms with Gasteiger partial charge in [-0.05, 0) is 38.4 Å². The van der Waals surface area contributed by atoms with Crippen LogP contribution in [0, 0.1) is 0 Å². The van der Waals surface area contributed by atoms with Gasteiger partial charge in [-0.1, -0.05) is 30.3 Å². The maximum absolute atomic E-state index is 11.5. The Labute approximate surface area is 104 Å². The zero-order valence-corrected chi connectivity index (χ0v) is 10.5. The van der Waals surface area contributed by atoms with Crippen molar-refractivity contribution < 1.29 is 4.79 Å². The SMILES string of the molecule is CNCCCNC(=O)CCCc1ccccc1. The van der Waals surface area contributed by atoms with Gasteiger partial charge in [-0.15, -0.1) is 0 Å². The Kier molecular flexibility index (Phi) is 7.07. The molecular formula is C14H22N2O. The summed E-state index contributed by atoms with van der Waals surface area (Å²) in [4.78, 5) is 11.5. The van der Waals surface area contributed by atoms with E-state index in [1.165, 1.54) is 5.56 Å². The van der Waals surface area contributed by atoms with Gasteiger partial charge >= 0.3 is 0 Å². The Morgan fingerprint density at radius 1 is 1.12 bits per heavy atom. The Balaban J connectivity index is 2.04. The van der Waals surface area contributed by atoms with Crippen LogP contribution < -0.4 is 10.6 Å². The van der Waals surface area contributed by atoms with Crippen molar-refractivity contribution in [3.8, 4) is 0 Å². The molecule has 1 rings (SSSR count). The molecule has 2 N–H and O–H groups in total. The van der Waals surface area contributed by atoms with E-state index in [0.717, 1.165) is 32.4 Å². The molecule has 0 aromatic heterocycles. The summed E-state index contributed by atoms with van der Waals surface area (Å²) < 4.78 is 0. The molecule has 1 aromatic rings. The molecule has 0 aliphatic rings. The highest BCUT2D eigenvalue weighted by Crippen LogP contribution is 2.04. The fraction of sp³-hybridized carbons (Fsp3) is 0.500. The minimum Gasteiger partial charge on any atom is -0.356 e. The van der Waals surface area contributed by atoms with Crippen molar-refractivity contribution in [3.05, 3.63) is 35.9 Å². The molecule has 0 radical (unpaired) electrons. The summed E-state index contributed by atoms with van der Waals surface area (Å²) in [5, 5.41) is 5.98. The molecule has 0 spiro atoms. The molecule has 0 saturated heterocycles. The molecule has 0 unspecified atom stereocenters. The molecule has 0 fully saturated rings. The molecule has 0 saturated carbocycles. The molecule has 1 aromatic carbocycles. The number of carbonyl (C=O) groups is 1. The van der Waals surface area contributed by atoms with Gasteiger partial charge in [0, 0.05) is 13.0 Å². The summed E-state index contributed by atoms with van der Waals surface area (Å²) in [5.74, 6) is 0.164.